The van der Waals surface area contributed by atoms with E-state index < -0.39 is 10.2 Å². The van der Waals surface area contributed by atoms with Crippen molar-refractivity contribution in [3.8, 4) is 11.3 Å². The summed E-state index contributed by atoms with van der Waals surface area (Å²) in [6.45, 7) is 0. The fourth-order valence-corrected chi connectivity index (χ4v) is 3.06. The van der Waals surface area contributed by atoms with Gasteiger partial charge in [0, 0.05) is 24.7 Å². The van der Waals surface area contributed by atoms with Crippen LogP contribution in [-0.4, -0.2) is 42.1 Å². The van der Waals surface area contributed by atoms with Crippen LogP contribution in [0.3, 0.4) is 0 Å². The molecule has 0 radical (unpaired) electrons. The fourth-order valence-electron chi connectivity index (χ4n) is 1.64. The van der Waals surface area contributed by atoms with Crippen LogP contribution >= 0.6 is 23.2 Å². The second kappa shape index (κ2) is 5.76. The van der Waals surface area contributed by atoms with E-state index in [1.54, 1.807) is 12.1 Å². The van der Waals surface area contributed by atoms with Crippen molar-refractivity contribution in [1.82, 2.24) is 13.3 Å². The average Bonchev–Trinajstić information content (AvgIpc) is 2.83. The van der Waals surface area contributed by atoms with Gasteiger partial charge in [0.15, 0.2) is 12.1 Å². The number of aldehydes is 1. The molecule has 0 spiro atoms. The first-order valence-electron chi connectivity index (χ1n) is 5.70. The Bertz CT molecular complexity index is 800. The fraction of sp³-hybridized carbons (Fsp3) is 0.167. The van der Waals surface area contributed by atoms with Gasteiger partial charge in [-0.3, -0.25) is 4.79 Å². The summed E-state index contributed by atoms with van der Waals surface area (Å²) in [6, 6.07) is 4.72. The van der Waals surface area contributed by atoms with Crippen LogP contribution in [0.1, 0.15) is 10.6 Å². The number of carbonyl (C=O) groups excluding carboxylic acids is 1. The van der Waals surface area contributed by atoms with Crippen LogP contribution in [0, 0.1) is 0 Å². The third kappa shape index (κ3) is 2.96. The van der Waals surface area contributed by atoms with E-state index in [-0.39, 0.29) is 11.5 Å². The van der Waals surface area contributed by atoms with Crippen LogP contribution in [0.15, 0.2) is 24.4 Å². The van der Waals surface area contributed by atoms with E-state index in [2.05, 4.69) is 4.98 Å². The standard InChI is InChI=1S/C12H11Cl2N3O3S/c1-16(2)21(19,20)17-6-11(15-12(17)7-18)9-4-3-8(13)5-10(9)14/h3-7H,1-2H3. The monoisotopic (exact) mass is 347 g/mol. The number of nitrogens with zero attached hydrogens (tertiary/aromatic N) is 3. The van der Waals surface area contributed by atoms with Crippen LogP contribution in [0.2, 0.25) is 10.0 Å². The van der Waals surface area contributed by atoms with Crippen LogP contribution < -0.4 is 0 Å². The molecule has 21 heavy (non-hydrogen) atoms. The normalized spacial score (nSPS) is 11.9. The van der Waals surface area contributed by atoms with Crippen molar-refractivity contribution in [3.05, 3.63) is 40.3 Å². The molecule has 0 aliphatic heterocycles. The number of benzene rings is 1. The Morgan fingerprint density at radius 3 is 2.48 bits per heavy atom. The Kier molecular flexibility index (Phi) is 4.38. The first-order valence-corrected chi connectivity index (χ1v) is 7.85. The number of imidazole rings is 1. The largest absolute Gasteiger partial charge is 0.308 e. The highest BCUT2D eigenvalue weighted by atomic mass is 35.5. The van der Waals surface area contributed by atoms with Gasteiger partial charge in [-0.1, -0.05) is 23.2 Å². The number of aromatic nitrogens is 2. The number of hydrogen-bond acceptors (Lipinski definition) is 4. The molecule has 0 saturated heterocycles. The molecule has 0 aliphatic rings. The molecule has 0 bridgehead atoms. The third-order valence-corrected chi connectivity index (χ3v) is 4.98. The van der Waals surface area contributed by atoms with Crippen LogP contribution in [0.5, 0.6) is 0 Å². The Morgan fingerprint density at radius 2 is 1.95 bits per heavy atom. The van der Waals surface area contributed by atoms with E-state index in [1.165, 1.54) is 26.4 Å². The predicted molar refractivity (Wildman–Crippen MR) is 81.1 cm³/mol. The number of halogens is 2. The van der Waals surface area contributed by atoms with Crippen molar-refractivity contribution in [1.29, 1.82) is 0 Å². The Labute approximate surface area is 132 Å². The Morgan fingerprint density at radius 1 is 1.29 bits per heavy atom. The van der Waals surface area contributed by atoms with Crippen LogP contribution in [0.25, 0.3) is 11.3 Å². The van der Waals surface area contributed by atoms with E-state index in [1.807, 2.05) is 0 Å². The molecule has 9 heteroatoms. The molecule has 0 saturated carbocycles. The van der Waals surface area contributed by atoms with Crippen LogP contribution in [0.4, 0.5) is 0 Å². The molecule has 0 fully saturated rings. The van der Waals surface area contributed by atoms with Crippen molar-refractivity contribution >= 4 is 39.7 Å². The molecule has 1 heterocycles. The molecule has 0 amide bonds. The second-order valence-corrected chi connectivity index (χ2v) is 7.18. The summed E-state index contributed by atoms with van der Waals surface area (Å²) in [6.07, 6.45) is 1.61. The summed E-state index contributed by atoms with van der Waals surface area (Å²) < 4.78 is 26.0. The molecule has 0 N–H and O–H groups in total. The van der Waals surface area contributed by atoms with Crippen molar-refractivity contribution in [2.24, 2.45) is 0 Å². The van der Waals surface area contributed by atoms with E-state index in [9.17, 15) is 13.2 Å². The summed E-state index contributed by atoms with van der Waals surface area (Å²) in [5.74, 6) is -0.232. The van der Waals surface area contributed by atoms with Gasteiger partial charge in [-0.25, -0.2) is 8.96 Å². The lowest BCUT2D eigenvalue weighted by Gasteiger charge is -2.12. The maximum atomic E-state index is 12.1. The molecule has 0 atom stereocenters. The summed E-state index contributed by atoms with van der Waals surface area (Å²) in [5.41, 5.74) is 0.751. The first kappa shape index (κ1) is 16.0. The van der Waals surface area contributed by atoms with Gasteiger partial charge in [0.25, 0.3) is 0 Å². The van der Waals surface area contributed by atoms with Gasteiger partial charge in [0.1, 0.15) is 0 Å². The molecule has 1 aromatic heterocycles. The van der Waals surface area contributed by atoms with Crippen molar-refractivity contribution in [3.63, 3.8) is 0 Å². The maximum absolute atomic E-state index is 12.1. The lowest BCUT2D eigenvalue weighted by Crippen LogP contribution is -2.29. The minimum Gasteiger partial charge on any atom is -0.294 e. The molecule has 0 aliphatic carbocycles. The lowest BCUT2D eigenvalue weighted by molar-refractivity contribution is 0.111. The minimum absolute atomic E-state index is 0.232. The molecular formula is C12H11Cl2N3O3S. The van der Waals surface area contributed by atoms with E-state index in [4.69, 9.17) is 23.2 Å². The highest BCUT2D eigenvalue weighted by Crippen LogP contribution is 2.30. The Balaban J connectivity index is 2.64. The van der Waals surface area contributed by atoms with Gasteiger partial charge in [-0.05, 0) is 18.2 Å². The predicted octanol–water partition coefficient (Wildman–Crippen LogP) is 2.32. The van der Waals surface area contributed by atoms with E-state index in [0.717, 1.165) is 8.28 Å². The van der Waals surface area contributed by atoms with Gasteiger partial charge in [-0.2, -0.15) is 12.7 Å². The van der Waals surface area contributed by atoms with E-state index in [0.29, 0.717) is 21.9 Å². The number of rotatable bonds is 4. The zero-order valence-corrected chi connectivity index (χ0v) is 13.4. The summed E-state index contributed by atoms with van der Waals surface area (Å²) in [5, 5.41) is 0.756. The van der Waals surface area contributed by atoms with Crippen molar-refractivity contribution < 1.29 is 13.2 Å². The van der Waals surface area contributed by atoms with Gasteiger partial charge < -0.3 is 0 Å². The average molecular weight is 348 g/mol. The third-order valence-electron chi connectivity index (χ3n) is 2.72. The zero-order chi connectivity index (χ0) is 15.8. The first-order chi connectivity index (χ1) is 9.77. The number of carbonyl (C=O) groups is 1. The highest BCUT2D eigenvalue weighted by Gasteiger charge is 2.22. The molecule has 1 aromatic carbocycles. The quantitative estimate of drug-likeness (QED) is 0.795. The number of hydrogen-bond donors (Lipinski definition) is 0. The smallest absolute Gasteiger partial charge is 0.294 e. The molecule has 112 valence electrons. The molecular weight excluding hydrogens is 337 g/mol. The Hall–Kier alpha value is -1.41. The molecule has 0 unspecified atom stereocenters. The summed E-state index contributed by atoms with van der Waals surface area (Å²) >= 11 is 11.9. The molecule has 6 nitrogen and oxygen atoms in total. The second-order valence-electron chi connectivity index (χ2n) is 4.31. The molecule has 2 rings (SSSR count). The van der Waals surface area contributed by atoms with Gasteiger partial charge in [0.05, 0.1) is 16.9 Å². The van der Waals surface area contributed by atoms with Crippen LogP contribution in [-0.2, 0) is 10.2 Å². The van der Waals surface area contributed by atoms with E-state index >= 15 is 0 Å². The van der Waals surface area contributed by atoms with Gasteiger partial charge in [-0.15, -0.1) is 0 Å². The lowest BCUT2D eigenvalue weighted by atomic mass is 10.2. The summed E-state index contributed by atoms with van der Waals surface area (Å²) in [4.78, 5) is 15.1. The minimum atomic E-state index is -3.84. The van der Waals surface area contributed by atoms with Gasteiger partial charge in [0.2, 0.25) is 0 Å². The summed E-state index contributed by atoms with van der Waals surface area (Å²) in [7, 11) is -1.12. The topological polar surface area (TPSA) is 72.3 Å². The van der Waals surface area contributed by atoms with Crippen molar-refractivity contribution in [2.45, 2.75) is 0 Å². The molecule has 2 aromatic rings. The zero-order valence-electron chi connectivity index (χ0n) is 11.1. The highest BCUT2D eigenvalue weighted by molar-refractivity contribution is 7.87. The van der Waals surface area contributed by atoms with Crippen molar-refractivity contribution in [2.75, 3.05) is 14.1 Å². The maximum Gasteiger partial charge on any atom is 0.308 e. The van der Waals surface area contributed by atoms with Gasteiger partial charge >= 0.3 is 10.2 Å². The SMILES string of the molecule is CN(C)S(=O)(=O)n1cc(-c2ccc(Cl)cc2Cl)nc1C=O.